The van der Waals surface area contributed by atoms with Crippen molar-refractivity contribution in [2.45, 2.75) is 0 Å². The summed E-state index contributed by atoms with van der Waals surface area (Å²) in [4.78, 5) is 0. The third-order valence-electron chi connectivity index (χ3n) is 1.61. The maximum Gasteiger partial charge on any atom is 0.203 e. The molecule has 0 bridgehead atoms. The summed E-state index contributed by atoms with van der Waals surface area (Å²) in [6.07, 6.45) is 0. The Bertz CT molecular complexity index is 471. The molecule has 2 rings (SSSR count). The van der Waals surface area contributed by atoms with Crippen LogP contribution in [0.15, 0.2) is 18.2 Å². The van der Waals surface area contributed by atoms with E-state index in [0.717, 1.165) is 19.2 Å². The fourth-order valence-electron chi connectivity index (χ4n) is 0.980. The summed E-state index contributed by atoms with van der Waals surface area (Å²) in [6, 6.07) is 5.71. The third-order valence-corrected chi connectivity index (χ3v) is 3.95. The monoisotopic (exact) mass is 337 g/mol. The van der Waals surface area contributed by atoms with Crippen molar-refractivity contribution in [3.05, 3.63) is 26.8 Å². The first-order valence-electron chi connectivity index (χ1n) is 3.71. The van der Waals surface area contributed by atoms with Crippen molar-refractivity contribution in [2.75, 3.05) is 5.73 Å². The molecule has 14 heavy (non-hydrogen) atoms. The lowest BCUT2D eigenvalue weighted by molar-refractivity contribution is 1.10. The van der Waals surface area contributed by atoms with Crippen molar-refractivity contribution in [1.29, 1.82) is 0 Å². The van der Waals surface area contributed by atoms with Gasteiger partial charge >= 0.3 is 0 Å². The van der Waals surface area contributed by atoms with E-state index in [1.54, 1.807) is 0 Å². The number of anilines is 1. The van der Waals surface area contributed by atoms with Gasteiger partial charge in [0, 0.05) is 9.13 Å². The normalized spacial score (nSPS) is 10.4. The Labute approximate surface area is 103 Å². The first kappa shape index (κ1) is 10.1. The van der Waals surface area contributed by atoms with Crippen LogP contribution in [0.4, 0.5) is 5.13 Å². The van der Waals surface area contributed by atoms with Crippen LogP contribution in [-0.2, 0) is 0 Å². The highest BCUT2D eigenvalue weighted by atomic mass is 127. The van der Waals surface area contributed by atoms with Gasteiger partial charge in [-0.05, 0) is 34.7 Å². The Balaban J connectivity index is 2.47. The van der Waals surface area contributed by atoms with Crippen LogP contribution in [0.1, 0.15) is 0 Å². The molecule has 0 unspecified atom stereocenters. The van der Waals surface area contributed by atoms with Gasteiger partial charge in [0.1, 0.15) is 5.01 Å². The second-order valence-corrected chi connectivity index (χ2v) is 5.15. The topological polar surface area (TPSA) is 51.8 Å². The second-order valence-electron chi connectivity index (χ2n) is 2.57. The number of nitrogens with two attached hydrogens (primary N) is 1. The molecule has 2 N–H and O–H groups in total. The minimum absolute atomic E-state index is 0.477. The lowest BCUT2D eigenvalue weighted by Crippen LogP contribution is -1.81. The highest BCUT2D eigenvalue weighted by Crippen LogP contribution is 2.28. The standard InChI is InChI=1S/C8H5ClIN3S/c9-5-2-1-4(3-6(5)10)7-12-13-8(11)14-7/h1-3H,(H2,11,13). The summed E-state index contributed by atoms with van der Waals surface area (Å²) in [7, 11) is 0. The molecular formula is C8H5ClIN3S. The van der Waals surface area contributed by atoms with Gasteiger partial charge in [-0.3, -0.25) is 0 Å². The van der Waals surface area contributed by atoms with E-state index < -0.39 is 0 Å². The fourth-order valence-corrected chi connectivity index (χ4v) is 2.22. The summed E-state index contributed by atoms with van der Waals surface area (Å²) < 4.78 is 0.996. The van der Waals surface area contributed by atoms with Gasteiger partial charge in [0.15, 0.2) is 0 Å². The Morgan fingerprint density at radius 1 is 1.36 bits per heavy atom. The molecule has 0 aliphatic rings. The van der Waals surface area contributed by atoms with Gasteiger partial charge in [-0.1, -0.05) is 29.0 Å². The Morgan fingerprint density at radius 3 is 2.71 bits per heavy atom. The number of aromatic nitrogens is 2. The van der Waals surface area contributed by atoms with Crippen LogP contribution < -0.4 is 5.73 Å². The molecule has 72 valence electrons. The van der Waals surface area contributed by atoms with E-state index in [1.165, 1.54) is 11.3 Å². The van der Waals surface area contributed by atoms with Gasteiger partial charge in [-0.2, -0.15) is 0 Å². The van der Waals surface area contributed by atoms with Gasteiger partial charge in [0.25, 0.3) is 0 Å². The second kappa shape index (κ2) is 4.00. The number of nitrogen functional groups attached to an aromatic ring is 1. The molecule has 1 aromatic carbocycles. The number of rotatable bonds is 1. The molecule has 1 aromatic heterocycles. The molecule has 6 heteroatoms. The van der Waals surface area contributed by atoms with Crippen LogP contribution in [0, 0.1) is 3.57 Å². The number of nitrogens with zero attached hydrogens (tertiary/aromatic N) is 2. The van der Waals surface area contributed by atoms with Crippen molar-refractivity contribution in [3.8, 4) is 10.6 Å². The molecule has 3 nitrogen and oxygen atoms in total. The average Bonchev–Trinajstić information content (AvgIpc) is 2.57. The SMILES string of the molecule is Nc1nnc(-c2ccc(Cl)c(I)c2)s1. The predicted octanol–water partition coefficient (Wildman–Crippen LogP) is 3.05. The van der Waals surface area contributed by atoms with Gasteiger partial charge in [0.2, 0.25) is 5.13 Å². The zero-order valence-corrected chi connectivity index (χ0v) is 10.6. The number of hydrogen-bond donors (Lipinski definition) is 1. The molecule has 0 saturated heterocycles. The molecule has 1 heterocycles. The van der Waals surface area contributed by atoms with E-state index in [2.05, 4.69) is 32.8 Å². The summed E-state index contributed by atoms with van der Waals surface area (Å²) in [5.41, 5.74) is 6.49. The van der Waals surface area contributed by atoms with Crippen LogP contribution in [0.25, 0.3) is 10.6 Å². The zero-order chi connectivity index (χ0) is 10.1. The molecule has 0 spiro atoms. The van der Waals surface area contributed by atoms with Crippen LogP contribution in [-0.4, -0.2) is 10.2 Å². The van der Waals surface area contributed by atoms with Crippen molar-refractivity contribution in [1.82, 2.24) is 10.2 Å². The highest BCUT2D eigenvalue weighted by molar-refractivity contribution is 14.1. The summed E-state index contributed by atoms with van der Waals surface area (Å²) in [5, 5.41) is 9.75. The molecule has 0 saturated carbocycles. The minimum Gasteiger partial charge on any atom is -0.374 e. The van der Waals surface area contributed by atoms with E-state index >= 15 is 0 Å². The van der Waals surface area contributed by atoms with Crippen molar-refractivity contribution in [2.24, 2.45) is 0 Å². The molecule has 0 aliphatic heterocycles. The highest BCUT2D eigenvalue weighted by Gasteiger charge is 2.06. The van der Waals surface area contributed by atoms with E-state index in [1.807, 2.05) is 18.2 Å². The lowest BCUT2D eigenvalue weighted by atomic mass is 10.2. The fraction of sp³-hybridized carbons (Fsp3) is 0. The molecule has 0 aliphatic carbocycles. The Kier molecular flexibility index (Phi) is 2.89. The van der Waals surface area contributed by atoms with Crippen LogP contribution in [0.5, 0.6) is 0 Å². The maximum atomic E-state index is 5.91. The van der Waals surface area contributed by atoms with E-state index in [9.17, 15) is 0 Å². The molecule has 0 amide bonds. The quantitative estimate of drug-likeness (QED) is 0.814. The van der Waals surface area contributed by atoms with Crippen molar-refractivity contribution in [3.63, 3.8) is 0 Å². The number of benzene rings is 1. The van der Waals surface area contributed by atoms with Crippen molar-refractivity contribution >= 4 is 50.7 Å². The minimum atomic E-state index is 0.477. The molecular weight excluding hydrogens is 333 g/mol. The lowest BCUT2D eigenvalue weighted by Gasteiger charge is -1.98. The van der Waals surface area contributed by atoms with Crippen LogP contribution in [0.3, 0.4) is 0 Å². The Morgan fingerprint density at radius 2 is 2.14 bits per heavy atom. The summed E-state index contributed by atoms with van der Waals surface area (Å²) in [6.45, 7) is 0. The first-order valence-corrected chi connectivity index (χ1v) is 5.98. The van der Waals surface area contributed by atoms with Crippen molar-refractivity contribution < 1.29 is 0 Å². The van der Waals surface area contributed by atoms with E-state index in [0.29, 0.717) is 5.13 Å². The molecule has 0 fully saturated rings. The number of halogens is 2. The summed E-state index contributed by atoms with van der Waals surface area (Å²) in [5.74, 6) is 0. The average molecular weight is 338 g/mol. The van der Waals surface area contributed by atoms with Gasteiger partial charge in [-0.15, -0.1) is 10.2 Å². The number of hydrogen-bond acceptors (Lipinski definition) is 4. The van der Waals surface area contributed by atoms with Crippen LogP contribution in [0.2, 0.25) is 5.02 Å². The van der Waals surface area contributed by atoms with Gasteiger partial charge < -0.3 is 5.73 Å². The van der Waals surface area contributed by atoms with Gasteiger partial charge in [0.05, 0.1) is 5.02 Å². The van der Waals surface area contributed by atoms with Crippen LogP contribution >= 0.6 is 45.5 Å². The van der Waals surface area contributed by atoms with E-state index in [-0.39, 0.29) is 0 Å². The summed E-state index contributed by atoms with van der Waals surface area (Å²) >= 11 is 9.45. The third kappa shape index (κ3) is 1.99. The first-order chi connectivity index (χ1) is 6.66. The zero-order valence-electron chi connectivity index (χ0n) is 6.87. The molecule has 0 radical (unpaired) electrons. The largest absolute Gasteiger partial charge is 0.374 e. The molecule has 2 aromatic rings. The maximum absolute atomic E-state index is 5.91. The van der Waals surface area contributed by atoms with E-state index in [4.69, 9.17) is 17.3 Å². The molecule has 0 atom stereocenters. The van der Waals surface area contributed by atoms with Gasteiger partial charge in [-0.25, -0.2) is 0 Å². The smallest absolute Gasteiger partial charge is 0.203 e. The predicted molar refractivity (Wildman–Crippen MR) is 67.5 cm³/mol. The Hall–Kier alpha value is -0.400.